The summed E-state index contributed by atoms with van der Waals surface area (Å²) >= 11 is 1.45. The van der Waals surface area contributed by atoms with E-state index in [1.807, 2.05) is 23.6 Å². The molecule has 1 aromatic heterocycles. The van der Waals surface area contributed by atoms with Crippen LogP contribution in [-0.4, -0.2) is 5.97 Å². The van der Waals surface area contributed by atoms with E-state index >= 15 is 0 Å². The number of allylic oxidation sites excluding steroid dienone is 7. The fourth-order valence-corrected chi connectivity index (χ4v) is 1.88. The molecule has 3 nitrogen and oxygen atoms in total. The van der Waals surface area contributed by atoms with Crippen LogP contribution in [0.3, 0.4) is 0 Å². The first-order chi connectivity index (χ1) is 9.36. The Kier molecular flexibility index (Phi) is 4.96. The molecule has 0 aliphatic carbocycles. The number of hydrogen-bond acceptors (Lipinski definition) is 4. The molecule has 4 heteroatoms. The van der Waals surface area contributed by atoms with Crippen molar-refractivity contribution in [3.05, 3.63) is 83.2 Å². The first kappa shape index (κ1) is 13.1. The van der Waals surface area contributed by atoms with Gasteiger partial charge in [0.05, 0.1) is 18.1 Å². The number of ether oxygens (including phenoxy) is 2. The van der Waals surface area contributed by atoms with Gasteiger partial charge in [-0.15, -0.1) is 0 Å². The van der Waals surface area contributed by atoms with Crippen molar-refractivity contribution in [1.82, 2.24) is 0 Å². The molecule has 19 heavy (non-hydrogen) atoms. The lowest BCUT2D eigenvalue weighted by atomic mass is 10.3. The van der Waals surface area contributed by atoms with E-state index in [0.29, 0.717) is 11.3 Å². The summed E-state index contributed by atoms with van der Waals surface area (Å²) in [6.07, 6.45) is 15.3. The van der Waals surface area contributed by atoms with E-state index in [0.717, 1.165) is 0 Å². The van der Waals surface area contributed by atoms with Crippen molar-refractivity contribution in [2.45, 2.75) is 0 Å². The van der Waals surface area contributed by atoms with Crippen molar-refractivity contribution >= 4 is 17.3 Å². The van der Waals surface area contributed by atoms with E-state index in [2.05, 4.69) is 0 Å². The van der Waals surface area contributed by atoms with Crippen molar-refractivity contribution in [3.8, 4) is 0 Å². The summed E-state index contributed by atoms with van der Waals surface area (Å²) < 4.78 is 10.4. The van der Waals surface area contributed by atoms with E-state index in [4.69, 9.17) is 9.47 Å². The van der Waals surface area contributed by atoms with E-state index in [-0.39, 0.29) is 5.97 Å². The van der Waals surface area contributed by atoms with Crippen molar-refractivity contribution in [2.75, 3.05) is 0 Å². The van der Waals surface area contributed by atoms with E-state index in [9.17, 15) is 4.79 Å². The number of esters is 1. The lowest BCUT2D eigenvalue weighted by molar-refractivity contribution is 0.0637. The molecule has 0 fully saturated rings. The molecule has 0 aromatic carbocycles. The first-order valence-electron chi connectivity index (χ1n) is 5.63. The Bertz CT molecular complexity index is 560. The summed E-state index contributed by atoms with van der Waals surface area (Å²) in [5.74, 6) is 0.0302. The van der Waals surface area contributed by atoms with Gasteiger partial charge in [-0.05, 0) is 23.6 Å². The lowest BCUT2D eigenvalue weighted by Gasteiger charge is -2.02. The molecular formula is C15H12O3S. The predicted octanol–water partition coefficient (Wildman–Crippen LogP) is 3.96. The van der Waals surface area contributed by atoms with Crippen molar-refractivity contribution in [2.24, 2.45) is 0 Å². The van der Waals surface area contributed by atoms with Gasteiger partial charge in [-0.25, -0.2) is 4.79 Å². The van der Waals surface area contributed by atoms with Crippen LogP contribution in [0, 0.1) is 0 Å². The van der Waals surface area contributed by atoms with Crippen LogP contribution in [-0.2, 0) is 9.47 Å². The van der Waals surface area contributed by atoms with Gasteiger partial charge in [-0.1, -0.05) is 24.3 Å². The van der Waals surface area contributed by atoms with Crippen LogP contribution in [0.25, 0.3) is 0 Å². The highest BCUT2D eigenvalue weighted by molar-refractivity contribution is 7.08. The van der Waals surface area contributed by atoms with Crippen LogP contribution in [0.1, 0.15) is 10.4 Å². The molecule has 0 N–H and O–H groups in total. The zero-order valence-corrected chi connectivity index (χ0v) is 10.9. The average Bonchev–Trinajstić information content (AvgIpc) is 2.92. The summed E-state index contributed by atoms with van der Waals surface area (Å²) in [6, 6.07) is 1.72. The predicted molar refractivity (Wildman–Crippen MR) is 75.5 cm³/mol. The average molecular weight is 272 g/mol. The monoisotopic (exact) mass is 272 g/mol. The Hall–Kier alpha value is -2.33. The molecule has 0 atom stereocenters. The number of hydrogen-bond donors (Lipinski definition) is 0. The molecule has 0 spiro atoms. The molecule has 0 saturated carbocycles. The molecule has 2 rings (SSSR count). The minimum absolute atomic E-state index is 0.383. The Morgan fingerprint density at radius 1 is 1.11 bits per heavy atom. The molecule has 0 saturated heterocycles. The zero-order valence-electron chi connectivity index (χ0n) is 10.1. The standard InChI is InChI=1S/C15H12O3S/c16-15(13-8-11-19-12-13)18-14-6-4-2-1-3-5-9-17-10-7-14/h1-12H. The van der Waals surface area contributed by atoms with Gasteiger partial charge in [0.15, 0.2) is 0 Å². The Labute approximate surface area is 115 Å². The third-order valence-electron chi connectivity index (χ3n) is 2.14. The summed E-state index contributed by atoms with van der Waals surface area (Å²) in [4.78, 5) is 11.8. The maximum atomic E-state index is 11.8. The quantitative estimate of drug-likeness (QED) is 0.764. The van der Waals surface area contributed by atoms with Crippen LogP contribution >= 0.6 is 11.3 Å². The fourth-order valence-electron chi connectivity index (χ4n) is 1.26. The van der Waals surface area contributed by atoms with Crippen molar-refractivity contribution in [1.29, 1.82) is 0 Å². The minimum atomic E-state index is -0.383. The normalized spacial score (nSPS) is 14.4. The molecule has 0 bridgehead atoms. The van der Waals surface area contributed by atoms with Crippen LogP contribution in [0.5, 0.6) is 0 Å². The van der Waals surface area contributed by atoms with E-state index < -0.39 is 0 Å². The molecule has 1 aliphatic heterocycles. The number of rotatable bonds is 2. The molecule has 0 unspecified atom stereocenters. The largest absolute Gasteiger partial charge is 0.472 e. The molecule has 1 aromatic rings. The Morgan fingerprint density at radius 3 is 2.79 bits per heavy atom. The summed E-state index contributed by atoms with van der Waals surface area (Å²) in [6.45, 7) is 0. The highest BCUT2D eigenvalue weighted by atomic mass is 32.1. The molecule has 0 radical (unpaired) electrons. The van der Waals surface area contributed by atoms with Gasteiger partial charge in [0.2, 0.25) is 0 Å². The maximum Gasteiger partial charge on any atom is 0.344 e. The van der Waals surface area contributed by atoms with Gasteiger partial charge in [-0.2, -0.15) is 11.3 Å². The second-order valence-electron chi connectivity index (χ2n) is 3.51. The topological polar surface area (TPSA) is 35.5 Å². The Morgan fingerprint density at radius 2 is 1.95 bits per heavy atom. The summed E-state index contributed by atoms with van der Waals surface area (Å²) in [5.41, 5.74) is 0.540. The third-order valence-corrected chi connectivity index (χ3v) is 2.82. The van der Waals surface area contributed by atoms with Gasteiger partial charge in [-0.3, -0.25) is 0 Å². The molecular weight excluding hydrogens is 260 g/mol. The van der Waals surface area contributed by atoms with Crippen molar-refractivity contribution in [3.63, 3.8) is 0 Å². The van der Waals surface area contributed by atoms with Gasteiger partial charge in [0.1, 0.15) is 5.76 Å². The SMILES string of the molecule is O=C(OC1=CC=CC=CC=COC=C1)c1ccsc1. The third kappa shape index (κ3) is 4.44. The maximum absolute atomic E-state index is 11.8. The molecule has 96 valence electrons. The summed E-state index contributed by atoms with van der Waals surface area (Å²) in [5, 5.41) is 3.58. The molecule has 1 aliphatic rings. The highest BCUT2D eigenvalue weighted by Gasteiger charge is 2.08. The Balaban J connectivity index is 2.10. The van der Waals surface area contributed by atoms with Gasteiger partial charge in [0.25, 0.3) is 0 Å². The lowest BCUT2D eigenvalue weighted by Crippen LogP contribution is -2.02. The number of thiophene rings is 1. The summed E-state index contributed by atoms with van der Waals surface area (Å²) in [7, 11) is 0. The molecule has 0 amide bonds. The zero-order chi connectivity index (χ0) is 13.3. The second-order valence-corrected chi connectivity index (χ2v) is 4.29. The van der Waals surface area contributed by atoms with Gasteiger partial charge in [0, 0.05) is 11.5 Å². The molecule has 2 heterocycles. The highest BCUT2D eigenvalue weighted by Crippen LogP contribution is 2.11. The van der Waals surface area contributed by atoms with E-state index in [1.54, 1.807) is 35.8 Å². The fraction of sp³-hybridized carbons (Fsp3) is 0. The van der Waals surface area contributed by atoms with Crippen LogP contribution in [0.4, 0.5) is 0 Å². The number of carbonyl (C=O) groups is 1. The van der Waals surface area contributed by atoms with Gasteiger partial charge < -0.3 is 9.47 Å². The second kappa shape index (κ2) is 7.18. The van der Waals surface area contributed by atoms with E-state index in [1.165, 1.54) is 23.9 Å². The van der Waals surface area contributed by atoms with Crippen LogP contribution in [0.2, 0.25) is 0 Å². The minimum Gasteiger partial charge on any atom is -0.472 e. The van der Waals surface area contributed by atoms with Crippen LogP contribution < -0.4 is 0 Å². The van der Waals surface area contributed by atoms with Gasteiger partial charge >= 0.3 is 5.97 Å². The van der Waals surface area contributed by atoms with Crippen LogP contribution in [0.15, 0.2) is 77.6 Å². The number of carbonyl (C=O) groups excluding carboxylic acids is 1. The smallest absolute Gasteiger partial charge is 0.344 e. The van der Waals surface area contributed by atoms with Crippen molar-refractivity contribution < 1.29 is 14.3 Å². The first-order valence-corrected chi connectivity index (χ1v) is 6.57.